The Bertz CT molecular complexity index is 1990. The van der Waals surface area contributed by atoms with Crippen LogP contribution in [0, 0.1) is 0 Å². The van der Waals surface area contributed by atoms with Gasteiger partial charge >= 0.3 is 272 Å². The number of allylic oxidation sites excluding steroid dienone is 2. The van der Waals surface area contributed by atoms with Gasteiger partial charge in [-0.2, -0.15) is 0 Å². The number of fused-ring (bicyclic) bond motifs is 4. The summed E-state index contributed by atoms with van der Waals surface area (Å²) in [6.45, 7) is 10.2. The van der Waals surface area contributed by atoms with Crippen molar-refractivity contribution in [2.24, 2.45) is 0 Å². The molecule has 6 aromatic carbocycles. The fraction of sp³-hybridized carbons (Fsp3) is 0.143. The molecule has 0 saturated carbocycles. The van der Waals surface area contributed by atoms with Gasteiger partial charge in [0.25, 0.3) is 0 Å². The fourth-order valence-corrected chi connectivity index (χ4v) is 41.1. The van der Waals surface area contributed by atoms with Crippen LogP contribution in [0.2, 0.25) is 13.1 Å². The predicted octanol–water partition coefficient (Wildman–Crippen LogP) is 11.5. The fourth-order valence-electron chi connectivity index (χ4n) is 8.21. The Morgan fingerprint density at radius 3 is 1.30 bits per heavy atom. The summed E-state index contributed by atoms with van der Waals surface area (Å²) in [5.74, 6) is -0.915. The van der Waals surface area contributed by atoms with Crippen molar-refractivity contribution in [1.82, 2.24) is 0 Å². The van der Waals surface area contributed by atoms with Gasteiger partial charge in [0.15, 0.2) is 0 Å². The van der Waals surface area contributed by atoms with Crippen LogP contribution < -0.4 is 0 Å². The molecule has 44 heavy (non-hydrogen) atoms. The Balaban J connectivity index is 1.26. The first-order valence-corrected chi connectivity index (χ1v) is 29.2. The van der Waals surface area contributed by atoms with Gasteiger partial charge in [-0.3, -0.25) is 0 Å². The average molecular weight is 748 g/mol. The minimum absolute atomic E-state index is 0.650. The molecule has 2 atom stereocenters. The molecule has 2 heteroatoms. The average Bonchev–Trinajstić information content (AvgIpc) is 3.56. The molecule has 0 aromatic heterocycles. The van der Waals surface area contributed by atoms with E-state index in [1.54, 1.807) is 22.3 Å². The van der Waals surface area contributed by atoms with Crippen molar-refractivity contribution in [2.75, 3.05) is 0 Å². The van der Waals surface area contributed by atoms with Gasteiger partial charge in [-0.05, 0) is 0 Å². The van der Waals surface area contributed by atoms with E-state index in [-0.39, 0.29) is 0 Å². The first kappa shape index (κ1) is 27.9. The van der Waals surface area contributed by atoms with Crippen LogP contribution in [-0.2, 0) is 20.6 Å². The molecule has 2 aliphatic rings. The number of hydrogen-bond acceptors (Lipinski definition) is 0. The third-order valence-corrected chi connectivity index (χ3v) is 41.5. The summed E-state index contributed by atoms with van der Waals surface area (Å²) in [7, 11) is 0. The molecule has 0 spiro atoms. The van der Waals surface area contributed by atoms with E-state index < -0.39 is 26.6 Å². The molecule has 8 rings (SSSR count). The van der Waals surface area contributed by atoms with Crippen molar-refractivity contribution in [3.63, 3.8) is 0 Å². The number of hydrogen-bond donors (Lipinski definition) is 0. The molecule has 0 aliphatic heterocycles. The molecule has 213 valence electrons. The Hall–Kier alpha value is -3.59. The Morgan fingerprint density at radius 1 is 0.455 bits per heavy atom. The molecule has 6 aromatic rings. The van der Waals surface area contributed by atoms with E-state index in [1.807, 2.05) is 0 Å². The summed E-state index contributed by atoms with van der Waals surface area (Å²) in [6.07, 6.45) is 5.14. The van der Waals surface area contributed by atoms with Crippen LogP contribution in [0.3, 0.4) is 0 Å². The zero-order valence-electron chi connectivity index (χ0n) is 25.9. The van der Waals surface area contributed by atoms with Crippen LogP contribution in [0.1, 0.15) is 43.5 Å². The van der Waals surface area contributed by atoms with E-state index in [0.29, 0.717) is 7.35 Å². The molecule has 2 aliphatic carbocycles. The monoisotopic (exact) mass is 749 g/mol. The Labute approximate surface area is 269 Å². The van der Waals surface area contributed by atoms with Crippen molar-refractivity contribution in [3.05, 3.63) is 155 Å². The van der Waals surface area contributed by atoms with Gasteiger partial charge in [0.2, 0.25) is 0 Å². The summed E-state index contributed by atoms with van der Waals surface area (Å²) < 4.78 is 1.30. The minimum atomic E-state index is -2.35. The summed E-state index contributed by atoms with van der Waals surface area (Å²) in [4.78, 5) is 0. The van der Waals surface area contributed by atoms with Crippen LogP contribution in [0.4, 0.5) is 0 Å². The molecule has 0 nitrogen and oxygen atoms in total. The zero-order chi connectivity index (χ0) is 29.9. The summed E-state index contributed by atoms with van der Waals surface area (Å²) in [6, 6.07) is 45.6. The van der Waals surface area contributed by atoms with Crippen LogP contribution in [0.5, 0.6) is 0 Å². The summed E-state index contributed by atoms with van der Waals surface area (Å²) in [5.41, 5.74) is 14.9. The third-order valence-electron chi connectivity index (χ3n) is 10.0. The van der Waals surface area contributed by atoms with E-state index in [4.69, 9.17) is 0 Å². The van der Waals surface area contributed by atoms with E-state index in [9.17, 15) is 0 Å². The second-order valence-electron chi connectivity index (χ2n) is 13.0. The van der Waals surface area contributed by atoms with Crippen LogP contribution >= 0.6 is 0 Å². The van der Waals surface area contributed by atoms with Crippen LogP contribution in [-0.4, -0.2) is 5.98 Å². The zero-order valence-corrected chi connectivity index (χ0v) is 30.7. The topological polar surface area (TPSA) is 0 Å². The quantitative estimate of drug-likeness (QED) is 0.154. The van der Waals surface area contributed by atoms with Crippen molar-refractivity contribution < 1.29 is 20.6 Å². The molecule has 0 amide bonds. The first-order chi connectivity index (χ1) is 21.5. The van der Waals surface area contributed by atoms with E-state index >= 15 is 0 Å². The van der Waals surface area contributed by atoms with Gasteiger partial charge in [-0.1, -0.05) is 0 Å². The standard InChI is InChI=1S/2C20H15.C2H7Si.Hf/c2*1-14-12-16-8-5-11-19(20(16)13-14)18-10-4-7-15-6-2-3-9-17(15)18;1-3-2;/h2*2-13H,1H3;3H,1-2H3;. The predicted molar refractivity (Wildman–Crippen MR) is 190 cm³/mol. The van der Waals surface area contributed by atoms with Crippen LogP contribution in [0.15, 0.2) is 132 Å². The van der Waals surface area contributed by atoms with Gasteiger partial charge in [0.1, 0.15) is 0 Å². The molecule has 0 heterocycles. The summed E-state index contributed by atoms with van der Waals surface area (Å²) >= 11 is -2.35. The molecular formula is C42H37HfSi. The summed E-state index contributed by atoms with van der Waals surface area (Å²) in [5, 5.41) is 5.33. The third kappa shape index (κ3) is 4.41. The van der Waals surface area contributed by atoms with E-state index in [1.165, 1.54) is 54.9 Å². The van der Waals surface area contributed by atoms with Crippen LogP contribution in [0.25, 0.3) is 56.0 Å². The van der Waals surface area contributed by atoms with E-state index in [2.05, 4.69) is 160 Å². The Kier molecular flexibility index (Phi) is 7.04. The molecule has 0 radical (unpaired) electrons. The maximum absolute atomic E-state index is 2.67. The van der Waals surface area contributed by atoms with Gasteiger partial charge < -0.3 is 0 Å². The first-order valence-electron chi connectivity index (χ1n) is 16.0. The second-order valence-corrected chi connectivity index (χ2v) is 40.9. The van der Waals surface area contributed by atoms with Gasteiger partial charge in [0, 0.05) is 0 Å². The van der Waals surface area contributed by atoms with Crippen molar-refractivity contribution in [3.8, 4) is 22.3 Å². The molecule has 2 unspecified atom stereocenters. The molecular weight excluding hydrogens is 711 g/mol. The normalized spacial score (nSPS) is 17.1. The van der Waals surface area contributed by atoms with Crippen molar-refractivity contribution in [2.45, 2.75) is 34.3 Å². The number of benzene rings is 6. The second kappa shape index (κ2) is 11.1. The Morgan fingerprint density at radius 2 is 0.841 bits per heavy atom. The van der Waals surface area contributed by atoms with Crippen molar-refractivity contribution in [1.29, 1.82) is 0 Å². The molecule has 0 fully saturated rings. The molecule has 0 bridgehead atoms. The van der Waals surface area contributed by atoms with E-state index in [0.717, 1.165) is 0 Å². The van der Waals surface area contributed by atoms with Crippen molar-refractivity contribution >= 4 is 39.7 Å². The van der Waals surface area contributed by atoms with Gasteiger partial charge in [0.05, 0.1) is 0 Å². The van der Waals surface area contributed by atoms with Gasteiger partial charge in [-0.25, -0.2) is 0 Å². The SMILES string of the molecule is CC1=Cc2c(-c3cccc4ccccc34)cccc2[CH]1[Hf]([CH]1C(C)=Cc2c(-c3cccc4ccccc34)cccc21)[SiH](C)C. The van der Waals surface area contributed by atoms with Gasteiger partial charge in [-0.15, -0.1) is 0 Å². The number of rotatable bonds is 5. The molecule has 0 saturated heterocycles. The maximum atomic E-state index is 2.67. The molecule has 0 N–H and O–H groups in total.